The summed E-state index contributed by atoms with van der Waals surface area (Å²) >= 11 is 0. The molecule has 70 valence electrons. The first-order chi connectivity index (χ1) is 6.79. The zero-order valence-corrected chi connectivity index (χ0v) is 7.71. The van der Waals surface area contributed by atoms with Gasteiger partial charge in [0, 0.05) is 25.0 Å². The summed E-state index contributed by atoms with van der Waals surface area (Å²) in [6, 6.07) is 3.59. The van der Waals surface area contributed by atoms with Crippen LogP contribution in [0.2, 0.25) is 0 Å². The third-order valence-corrected chi connectivity index (χ3v) is 1.94. The fourth-order valence-corrected chi connectivity index (χ4v) is 1.26. The van der Waals surface area contributed by atoms with E-state index in [4.69, 9.17) is 0 Å². The van der Waals surface area contributed by atoms with Crippen LogP contribution in [0.15, 0.2) is 30.7 Å². The summed E-state index contributed by atoms with van der Waals surface area (Å²) < 4.78 is 1.72. The molecule has 2 aromatic rings. The number of hydrogen-bond donors (Lipinski definition) is 0. The van der Waals surface area contributed by atoms with Gasteiger partial charge in [-0.1, -0.05) is 0 Å². The first-order valence-corrected chi connectivity index (χ1v) is 4.20. The molecule has 0 saturated heterocycles. The number of rotatable bonds is 2. The number of hydrogen-bond acceptors (Lipinski definition) is 3. The van der Waals surface area contributed by atoms with E-state index in [0.717, 1.165) is 17.4 Å². The summed E-state index contributed by atoms with van der Waals surface area (Å²) in [5.74, 6) is 0. The molecule has 0 fully saturated rings. The number of pyridine rings is 1. The molecule has 0 radical (unpaired) electrons. The Balaban J connectivity index is 2.46. The molecular formula is C10H9N3O. The predicted octanol–water partition coefficient (Wildman–Crippen LogP) is 1.29. The lowest BCUT2D eigenvalue weighted by molar-refractivity contribution is 0.111. The van der Waals surface area contributed by atoms with Gasteiger partial charge < -0.3 is 0 Å². The van der Waals surface area contributed by atoms with Crippen molar-refractivity contribution < 1.29 is 4.79 Å². The van der Waals surface area contributed by atoms with E-state index in [1.165, 1.54) is 0 Å². The van der Waals surface area contributed by atoms with Crippen LogP contribution in [0, 0.1) is 0 Å². The van der Waals surface area contributed by atoms with E-state index in [0.29, 0.717) is 5.69 Å². The first-order valence-electron chi connectivity index (χ1n) is 4.20. The molecule has 2 aromatic heterocycles. The number of nitrogens with zero attached hydrogens (tertiary/aromatic N) is 3. The molecule has 4 nitrogen and oxygen atoms in total. The summed E-state index contributed by atoms with van der Waals surface area (Å²) in [7, 11) is 1.85. The van der Waals surface area contributed by atoms with Gasteiger partial charge in [-0.05, 0) is 17.7 Å². The van der Waals surface area contributed by atoms with Crippen molar-refractivity contribution in [3.63, 3.8) is 0 Å². The zero-order chi connectivity index (χ0) is 9.97. The van der Waals surface area contributed by atoms with Crippen molar-refractivity contribution in [2.45, 2.75) is 0 Å². The summed E-state index contributed by atoms with van der Waals surface area (Å²) in [4.78, 5) is 14.4. The number of carbonyl (C=O) groups is 1. The molecule has 0 aromatic carbocycles. The molecule has 14 heavy (non-hydrogen) atoms. The fourth-order valence-electron chi connectivity index (χ4n) is 1.26. The van der Waals surface area contributed by atoms with Crippen molar-refractivity contribution in [3.8, 4) is 11.1 Å². The van der Waals surface area contributed by atoms with E-state index in [1.54, 1.807) is 23.1 Å². The van der Waals surface area contributed by atoms with Crippen molar-refractivity contribution in [2.75, 3.05) is 0 Å². The number of aromatic nitrogens is 3. The Morgan fingerprint density at radius 2 is 2.29 bits per heavy atom. The third kappa shape index (κ3) is 1.54. The summed E-state index contributed by atoms with van der Waals surface area (Å²) in [6.45, 7) is 0. The largest absolute Gasteiger partial charge is 0.296 e. The fraction of sp³-hybridized carbons (Fsp3) is 0.100. The van der Waals surface area contributed by atoms with Gasteiger partial charge in [0.05, 0.1) is 6.20 Å². The molecular weight excluding hydrogens is 178 g/mol. The van der Waals surface area contributed by atoms with Crippen molar-refractivity contribution in [1.29, 1.82) is 0 Å². The van der Waals surface area contributed by atoms with Gasteiger partial charge in [0.2, 0.25) is 0 Å². The number of aldehydes is 1. The second-order valence-electron chi connectivity index (χ2n) is 2.99. The Morgan fingerprint density at radius 1 is 1.43 bits per heavy atom. The van der Waals surface area contributed by atoms with Crippen LogP contribution in [0.5, 0.6) is 0 Å². The van der Waals surface area contributed by atoms with Crippen LogP contribution in [0.4, 0.5) is 0 Å². The number of carbonyl (C=O) groups excluding carboxylic acids is 1. The molecule has 0 spiro atoms. The lowest BCUT2D eigenvalue weighted by atomic mass is 10.1. The van der Waals surface area contributed by atoms with Gasteiger partial charge in [0.15, 0.2) is 6.29 Å². The molecule has 0 aliphatic carbocycles. The van der Waals surface area contributed by atoms with Gasteiger partial charge >= 0.3 is 0 Å². The van der Waals surface area contributed by atoms with Crippen LogP contribution in [-0.2, 0) is 7.05 Å². The highest BCUT2D eigenvalue weighted by Gasteiger charge is 2.01. The van der Waals surface area contributed by atoms with Gasteiger partial charge in [-0.2, -0.15) is 5.10 Å². The van der Waals surface area contributed by atoms with E-state index >= 15 is 0 Å². The minimum Gasteiger partial charge on any atom is -0.296 e. The van der Waals surface area contributed by atoms with Crippen LogP contribution in [0.3, 0.4) is 0 Å². The smallest absolute Gasteiger partial charge is 0.168 e. The first kappa shape index (κ1) is 8.62. The van der Waals surface area contributed by atoms with E-state index in [2.05, 4.69) is 10.1 Å². The van der Waals surface area contributed by atoms with Gasteiger partial charge in [-0.15, -0.1) is 0 Å². The third-order valence-electron chi connectivity index (χ3n) is 1.94. The average molecular weight is 187 g/mol. The molecule has 0 unspecified atom stereocenters. The van der Waals surface area contributed by atoms with Gasteiger partial charge in [-0.25, -0.2) is 0 Å². The molecule has 4 heteroatoms. The maximum Gasteiger partial charge on any atom is 0.168 e. The lowest BCUT2D eigenvalue weighted by Crippen LogP contribution is -1.86. The topological polar surface area (TPSA) is 47.8 Å². The second-order valence-corrected chi connectivity index (χ2v) is 2.99. The molecule has 2 heterocycles. The van der Waals surface area contributed by atoms with E-state index in [1.807, 2.05) is 19.3 Å². The molecule has 0 aliphatic heterocycles. The van der Waals surface area contributed by atoms with Gasteiger partial charge in [0.25, 0.3) is 0 Å². The molecule has 0 amide bonds. The van der Waals surface area contributed by atoms with Crippen LogP contribution in [0.25, 0.3) is 11.1 Å². The lowest BCUT2D eigenvalue weighted by Gasteiger charge is -1.96. The SMILES string of the molecule is Cn1cc(-c2ccnc(C=O)c2)cn1. The maximum absolute atomic E-state index is 10.5. The Labute approximate surface area is 81.2 Å². The Bertz CT molecular complexity index is 462. The summed E-state index contributed by atoms with van der Waals surface area (Å²) in [5.41, 5.74) is 2.37. The Kier molecular flexibility index (Phi) is 2.10. The summed E-state index contributed by atoms with van der Waals surface area (Å²) in [5, 5.41) is 4.06. The van der Waals surface area contributed by atoms with Crippen molar-refractivity contribution in [3.05, 3.63) is 36.4 Å². The van der Waals surface area contributed by atoms with E-state index in [9.17, 15) is 4.79 Å². The van der Waals surface area contributed by atoms with Crippen LogP contribution >= 0.6 is 0 Å². The molecule has 0 aliphatic rings. The van der Waals surface area contributed by atoms with Crippen LogP contribution in [-0.4, -0.2) is 21.1 Å². The van der Waals surface area contributed by atoms with Gasteiger partial charge in [0.1, 0.15) is 5.69 Å². The summed E-state index contributed by atoms with van der Waals surface area (Å²) in [6.07, 6.45) is 6.00. The minimum atomic E-state index is 0.436. The van der Waals surface area contributed by atoms with E-state index in [-0.39, 0.29) is 0 Å². The number of aryl methyl sites for hydroxylation is 1. The molecule has 0 bridgehead atoms. The Hall–Kier alpha value is -1.97. The maximum atomic E-state index is 10.5. The predicted molar refractivity (Wildman–Crippen MR) is 51.8 cm³/mol. The highest BCUT2D eigenvalue weighted by Crippen LogP contribution is 2.17. The quantitative estimate of drug-likeness (QED) is 0.665. The Morgan fingerprint density at radius 3 is 2.93 bits per heavy atom. The normalized spacial score (nSPS) is 10.1. The van der Waals surface area contributed by atoms with Crippen molar-refractivity contribution in [2.24, 2.45) is 7.05 Å². The second kappa shape index (κ2) is 3.41. The average Bonchev–Trinajstić information content (AvgIpc) is 2.65. The van der Waals surface area contributed by atoms with Crippen molar-refractivity contribution in [1.82, 2.24) is 14.8 Å². The molecule has 0 atom stereocenters. The van der Waals surface area contributed by atoms with Crippen LogP contribution in [0.1, 0.15) is 10.5 Å². The van der Waals surface area contributed by atoms with E-state index < -0.39 is 0 Å². The molecule has 0 N–H and O–H groups in total. The van der Waals surface area contributed by atoms with Crippen LogP contribution < -0.4 is 0 Å². The standard InChI is InChI=1S/C10H9N3O/c1-13-6-9(5-12-13)8-2-3-11-10(4-8)7-14/h2-7H,1H3. The highest BCUT2D eigenvalue weighted by atomic mass is 16.1. The monoisotopic (exact) mass is 187 g/mol. The minimum absolute atomic E-state index is 0.436. The van der Waals surface area contributed by atoms with Crippen molar-refractivity contribution >= 4 is 6.29 Å². The molecule has 2 rings (SSSR count). The van der Waals surface area contributed by atoms with Gasteiger partial charge in [-0.3, -0.25) is 14.5 Å². The highest BCUT2D eigenvalue weighted by molar-refractivity contribution is 5.75. The zero-order valence-electron chi connectivity index (χ0n) is 7.71. The molecule has 0 saturated carbocycles.